The van der Waals surface area contributed by atoms with Gasteiger partial charge in [0.1, 0.15) is 18.0 Å². The number of aryl methyl sites for hydroxylation is 3. The van der Waals surface area contributed by atoms with Gasteiger partial charge in [-0.05, 0) is 112 Å². The molecule has 3 aromatic rings. The summed E-state index contributed by atoms with van der Waals surface area (Å²) in [7, 11) is 0. The molecule has 1 N–H and O–H groups in total. The molecule has 1 aromatic heterocycles. The molecule has 0 saturated carbocycles. The van der Waals surface area contributed by atoms with Gasteiger partial charge in [0.05, 0.1) is 5.52 Å². The molecule has 2 aromatic carbocycles. The topological polar surface area (TPSA) is 41.0 Å². The van der Waals surface area contributed by atoms with Crippen molar-refractivity contribution in [2.75, 3.05) is 25.0 Å². The lowest BCUT2D eigenvalue weighted by atomic mass is 9.97. The van der Waals surface area contributed by atoms with Crippen molar-refractivity contribution in [3.05, 3.63) is 59.2 Å². The summed E-state index contributed by atoms with van der Waals surface area (Å²) < 4.78 is 13.7. The number of unbranched alkanes of at least 4 members (excludes halogenated alkanes) is 2. The van der Waals surface area contributed by atoms with E-state index in [1.807, 2.05) is 6.07 Å². The Labute approximate surface area is 198 Å². The van der Waals surface area contributed by atoms with Crippen molar-refractivity contribution in [1.82, 2.24) is 14.9 Å². The number of hydrogen-bond donors (Lipinski definition) is 1. The number of hydrogen-bond acceptors (Lipinski definition) is 4. The summed E-state index contributed by atoms with van der Waals surface area (Å²) in [6.07, 6.45) is 9.82. The Bertz CT molecular complexity index is 1030. The minimum absolute atomic E-state index is 0.199. The Morgan fingerprint density at radius 2 is 1.70 bits per heavy atom. The Kier molecular flexibility index (Phi) is 9.61. The molecule has 0 fully saturated rings. The Balaban J connectivity index is 1.74. The fraction of sp³-hybridized carbons (Fsp3) is 0.500. The molecule has 5 heteroatoms. The van der Waals surface area contributed by atoms with Crippen LogP contribution in [0.1, 0.15) is 69.6 Å². The third-order valence-electron chi connectivity index (χ3n) is 6.30. The van der Waals surface area contributed by atoms with Gasteiger partial charge in [-0.25, -0.2) is 14.4 Å². The Morgan fingerprint density at radius 1 is 0.879 bits per heavy atom. The average molecular weight is 451 g/mol. The maximum atomic E-state index is 13.7. The molecule has 0 unspecified atom stereocenters. The lowest BCUT2D eigenvalue weighted by Gasteiger charge is -2.21. The number of nitrogens with zero attached hydrogens (tertiary/aromatic N) is 3. The van der Waals surface area contributed by atoms with Crippen LogP contribution in [-0.2, 0) is 12.8 Å². The fourth-order valence-corrected chi connectivity index (χ4v) is 4.40. The summed E-state index contributed by atoms with van der Waals surface area (Å²) in [5.41, 5.74) is 5.14. The first-order valence-electron chi connectivity index (χ1n) is 12.6. The summed E-state index contributed by atoms with van der Waals surface area (Å²) in [6.45, 7) is 12.1. The molecule has 4 nitrogen and oxygen atoms in total. The molecule has 3 rings (SSSR count). The van der Waals surface area contributed by atoms with Gasteiger partial charge in [-0.2, -0.15) is 0 Å². The zero-order valence-electron chi connectivity index (χ0n) is 20.8. The summed E-state index contributed by atoms with van der Waals surface area (Å²) in [6, 6.07) is 9.51. The maximum absolute atomic E-state index is 13.7. The van der Waals surface area contributed by atoms with Gasteiger partial charge in [-0.15, -0.1) is 0 Å². The lowest BCUT2D eigenvalue weighted by Crippen LogP contribution is -2.26. The number of rotatable bonds is 13. The SMILES string of the molecule is CCCCN(CCC)CCCCc1cc2c(Nc3ccc(F)c(C)c3)ncnc2cc1CC. The van der Waals surface area contributed by atoms with E-state index in [2.05, 4.69) is 53.1 Å². The third-order valence-corrected chi connectivity index (χ3v) is 6.30. The van der Waals surface area contributed by atoms with E-state index in [1.54, 1.807) is 19.3 Å². The molecule has 0 spiro atoms. The van der Waals surface area contributed by atoms with Crippen molar-refractivity contribution in [2.24, 2.45) is 0 Å². The van der Waals surface area contributed by atoms with E-state index < -0.39 is 0 Å². The Hall–Kier alpha value is -2.53. The molecule has 0 amide bonds. The first-order chi connectivity index (χ1) is 16.0. The number of benzene rings is 2. The van der Waals surface area contributed by atoms with Crippen molar-refractivity contribution in [2.45, 2.75) is 72.6 Å². The van der Waals surface area contributed by atoms with Crippen molar-refractivity contribution in [1.29, 1.82) is 0 Å². The van der Waals surface area contributed by atoms with Gasteiger partial charge in [0.25, 0.3) is 0 Å². The number of anilines is 2. The van der Waals surface area contributed by atoms with Gasteiger partial charge < -0.3 is 10.2 Å². The zero-order valence-corrected chi connectivity index (χ0v) is 20.8. The number of halogens is 1. The molecule has 0 aliphatic carbocycles. The van der Waals surface area contributed by atoms with Crippen molar-refractivity contribution in [3.8, 4) is 0 Å². The largest absolute Gasteiger partial charge is 0.340 e. The standard InChI is InChI=1S/C28H39FN4/c1-5-8-15-33(14-6-2)16-10-9-11-23-18-25-27(19-22(23)7-3)30-20-31-28(25)32-24-12-13-26(29)21(4)17-24/h12-13,17-20H,5-11,14-16H2,1-4H3,(H,30,31,32). The second-order valence-electron chi connectivity index (χ2n) is 8.96. The molecule has 0 radical (unpaired) electrons. The summed E-state index contributed by atoms with van der Waals surface area (Å²) in [4.78, 5) is 11.6. The normalized spacial score (nSPS) is 11.5. The van der Waals surface area contributed by atoms with Crippen LogP contribution in [0.2, 0.25) is 0 Å². The van der Waals surface area contributed by atoms with Crippen LogP contribution in [0.3, 0.4) is 0 Å². The molecule has 0 aliphatic heterocycles. The molecule has 178 valence electrons. The van der Waals surface area contributed by atoms with Crippen LogP contribution in [0.25, 0.3) is 10.9 Å². The molecular weight excluding hydrogens is 411 g/mol. The second kappa shape index (κ2) is 12.6. The van der Waals surface area contributed by atoms with E-state index in [-0.39, 0.29) is 5.82 Å². The highest BCUT2D eigenvalue weighted by molar-refractivity contribution is 5.91. The molecule has 0 saturated heterocycles. The fourth-order valence-electron chi connectivity index (χ4n) is 4.40. The average Bonchev–Trinajstić information content (AvgIpc) is 2.82. The highest BCUT2D eigenvalue weighted by atomic mass is 19.1. The number of aromatic nitrogens is 2. The third kappa shape index (κ3) is 6.97. The minimum Gasteiger partial charge on any atom is -0.340 e. The van der Waals surface area contributed by atoms with E-state index in [1.165, 1.54) is 68.9 Å². The minimum atomic E-state index is -0.199. The van der Waals surface area contributed by atoms with Gasteiger partial charge in [0.2, 0.25) is 0 Å². The van der Waals surface area contributed by atoms with E-state index in [9.17, 15) is 4.39 Å². The van der Waals surface area contributed by atoms with E-state index in [4.69, 9.17) is 0 Å². The highest BCUT2D eigenvalue weighted by Gasteiger charge is 2.11. The van der Waals surface area contributed by atoms with Gasteiger partial charge in [0, 0.05) is 11.1 Å². The van der Waals surface area contributed by atoms with Crippen molar-refractivity contribution in [3.63, 3.8) is 0 Å². The zero-order chi connectivity index (χ0) is 23.6. The quantitative estimate of drug-likeness (QED) is 0.279. The van der Waals surface area contributed by atoms with Crippen LogP contribution in [0.15, 0.2) is 36.7 Å². The summed E-state index contributed by atoms with van der Waals surface area (Å²) >= 11 is 0. The molecule has 33 heavy (non-hydrogen) atoms. The molecule has 0 bridgehead atoms. The van der Waals surface area contributed by atoms with Gasteiger partial charge in [-0.3, -0.25) is 0 Å². The maximum Gasteiger partial charge on any atom is 0.141 e. The van der Waals surface area contributed by atoms with E-state index >= 15 is 0 Å². The van der Waals surface area contributed by atoms with Crippen molar-refractivity contribution >= 4 is 22.4 Å². The van der Waals surface area contributed by atoms with E-state index in [0.717, 1.165) is 35.2 Å². The summed E-state index contributed by atoms with van der Waals surface area (Å²) in [5, 5.41) is 4.39. The molecular formula is C28H39FN4. The van der Waals surface area contributed by atoms with Gasteiger partial charge >= 0.3 is 0 Å². The Morgan fingerprint density at radius 3 is 2.42 bits per heavy atom. The van der Waals surface area contributed by atoms with Crippen LogP contribution in [0.4, 0.5) is 15.9 Å². The van der Waals surface area contributed by atoms with Crippen molar-refractivity contribution < 1.29 is 4.39 Å². The van der Waals surface area contributed by atoms with Crippen LogP contribution in [0.5, 0.6) is 0 Å². The molecule has 1 heterocycles. The van der Waals surface area contributed by atoms with Crippen LogP contribution < -0.4 is 5.32 Å². The predicted molar refractivity (Wildman–Crippen MR) is 138 cm³/mol. The summed E-state index contributed by atoms with van der Waals surface area (Å²) in [5.74, 6) is 0.568. The van der Waals surface area contributed by atoms with Gasteiger partial charge in [-0.1, -0.05) is 27.2 Å². The predicted octanol–water partition coefficient (Wildman–Crippen LogP) is 7.22. The van der Waals surface area contributed by atoms with Crippen LogP contribution in [0, 0.1) is 12.7 Å². The second-order valence-corrected chi connectivity index (χ2v) is 8.96. The highest BCUT2D eigenvalue weighted by Crippen LogP contribution is 2.28. The molecule has 0 atom stereocenters. The van der Waals surface area contributed by atoms with Crippen LogP contribution >= 0.6 is 0 Å². The van der Waals surface area contributed by atoms with Gasteiger partial charge in [0.15, 0.2) is 0 Å². The van der Waals surface area contributed by atoms with Crippen LogP contribution in [-0.4, -0.2) is 34.5 Å². The number of fused-ring (bicyclic) bond motifs is 1. The lowest BCUT2D eigenvalue weighted by molar-refractivity contribution is 0.264. The molecule has 0 aliphatic rings. The number of nitrogens with one attached hydrogen (secondary N) is 1. The monoisotopic (exact) mass is 450 g/mol. The smallest absolute Gasteiger partial charge is 0.141 e. The first kappa shape index (κ1) is 25.1. The van der Waals surface area contributed by atoms with E-state index in [0.29, 0.717) is 5.56 Å². The first-order valence-corrected chi connectivity index (χ1v) is 12.6.